The van der Waals surface area contributed by atoms with Crippen LogP contribution in [0.1, 0.15) is 62.0 Å². The molecule has 4 fully saturated rings. The van der Waals surface area contributed by atoms with Crippen molar-refractivity contribution in [2.75, 3.05) is 65.0 Å². The third kappa shape index (κ3) is 6.81. The van der Waals surface area contributed by atoms with E-state index in [4.69, 9.17) is 9.47 Å². The first-order valence-electron chi connectivity index (χ1n) is 15.4. The number of carboxylic acid groups (broad SMARTS) is 1. The van der Waals surface area contributed by atoms with Gasteiger partial charge in [-0.25, -0.2) is 4.39 Å². The van der Waals surface area contributed by atoms with Gasteiger partial charge in [-0.1, -0.05) is 6.07 Å². The van der Waals surface area contributed by atoms with Crippen LogP contribution >= 0.6 is 0 Å². The highest BCUT2D eigenvalue weighted by atomic mass is 19.4. The van der Waals surface area contributed by atoms with Crippen LogP contribution in [-0.2, 0) is 25.2 Å². The van der Waals surface area contributed by atoms with Gasteiger partial charge in [0.25, 0.3) is 5.91 Å². The van der Waals surface area contributed by atoms with Crippen LogP contribution in [0.25, 0.3) is 0 Å². The summed E-state index contributed by atoms with van der Waals surface area (Å²) in [6.45, 7) is 1.89. The maximum atomic E-state index is 16.3. The standard InChI is InChI=1S/C31H43F4N3O5/c1-42-18-21-16-38(29(41)30(32)11-14-37(19-30)23-4-6-24(43-2)7-5-23)17-26(21)25-8-3-22(31(33,34)35)15-27(25)36-12-9-20(10-13-36)28(39)40/h3,8,15,20-21,23-24,26H,4-7,9-14,16-19H2,1-2H3,(H,39,40)/t21-,23-,24-,26+,30-/m1/s1. The Kier molecular flexibility index (Phi) is 9.58. The summed E-state index contributed by atoms with van der Waals surface area (Å²) < 4.78 is 68.6. The largest absolute Gasteiger partial charge is 0.481 e. The van der Waals surface area contributed by atoms with E-state index in [1.807, 2.05) is 4.90 Å². The maximum Gasteiger partial charge on any atom is 0.416 e. The lowest BCUT2D eigenvalue weighted by Gasteiger charge is -2.35. The van der Waals surface area contributed by atoms with Gasteiger partial charge >= 0.3 is 12.1 Å². The van der Waals surface area contributed by atoms with Crippen LogP contribution < -0.4 is 4.90 Å². The molecule has 5 rings (SSSR count). The zero-order chi connectivity index (χ0) is 30.9. The van der Waals surface area contributed by atoms with Gasteiger partial charge < -0.3 is 24.4 Å². The van der Waals surface area contributed by atoms with Crippen LogP contribution in [0, 0.1) is 11.8 Å². The highest BCUT2D eigenvalue weighted by Gasteiger charge is 2.51. The fraction of sp³-hybridized carbons (Fsp3) is 0.742. The van der Waals surface area contributed by atoms with Crippen molar-refractivity contribution in [1.29, 1.82) is 0 Å². The predicted molar refractivity (Wildman–Crippen MR) is 152 cm³/mol. The normalized spacial score (nSPS) is 31.1. The molecule has 0 bridgehead atoms. The molecule has 3 aliphatic heterocycles. The molecule has 3 atom stereocenters. The lowest BCUT2D eigenvalue weighted by Crippen LogP contribution is -2.48. The number of carboxylic acids is 1. The topological polar surface area (TPSA) is 82.6 Å². The molecule has 4 aliphatic rings. The molecular weight excluding hydrogens is 570 g/mol. The molecule has 1 N–H and O–H groups in total. The van der Waals surface area contributed by atoms with Gasteiger partial charge in [0.1, 0.15) is 0 Å². The summed E-state index contributed by atoms with van der Waals surface area (Å²) in [6, 6.07) is 3.89. The van der Waals surface area contributed by atoms with E-state index in [9.17, 15) is 27.9 Å². The number of nitrogens with zero attached hydrogens (tertiary/aromatic N) is 3. The van der Waals surface area contributed by atoms with E-state index in [-0.39, 0.29) is 56.6 Å². The fourth-order valence-electron chi connectivity index (χ4n) is 7.66. The number of carbonyl (C=O) groups excluding carboxylic acids is 1. The quantitative estimate of drug-likeness (QED) is 0.431. The summed E-state index contributed by atoms with van der Waals surface area (Å²) in [5.41, 5.74) is -1.75. The lowest BCUT2D eigenvalue weighted by molar-refractivity contribution is -0.143. The van der Waals surface area contributed by atoms with E-state index in [0.29, 0.717) is 43.7 Å². The summed E-state index contributed by atoms with van der Waals surface area (Å²) in [5.74, 6) is -2.58. The van der Waals surface area contributed by atoms with Gasteiger partial charge in [-0.2, -0.15) is 13.2 Å². The summed E-state index contributed by atoms with van der Waals surface area (Å²) in [5, 5.41) is 9.41. The fourth-order valence-corrected chi connectivity index (χ4v) is 7.66. The smallest absolute Gasteiger partial charge is 0.416 e. The van der Waals surface area contributed by atoms with Crippen molar-refractivity contribution in [3.8, 4) is 0 Å². The molecule has 0 unspecified atom stereocenters. The third-order valence-electron chi connectivity index (χ3n) is 10.2. The number of piperidine rings is 1. The second-order valence-corrected chi connectivity index (χ2v) is 12.8. The molecule has 8 nitrogen and oxygen atoms in total. The van der Waals surface area contributed by atoms with Gasteiger partial charge in [-0.05, 0) is 56.2 Å². The number of carbonyl (C=O) groups is 2. The highest BCUT2D eigenvalue weighted by molar-refractivity contribution is 5.86. The minimum atomic E-state index is -4.55. The number of hydrogen-bond acceptors (Lipinski definition) is 6. The SMILES string of the molecule is COC[C@H]1CN(C(=O)[C@@]2(F)CCN([C@H]3CC[C@H](OC)CC3)C2)C[C@@H]1c1ccc(C(F)(F)F)cc1N1CCC(C(=O)O)CC1. The first-order valence-corrected chi connectivity index (χ1v) is 15.4. The molecule has 12 heteroatoms. The summed E-state index contributed by atoms with van der Waals surface area (Å²) >= 11 is 0. The number of likely N-dealkylation sites (tertiary alicyclic amines) is 2. The monoisotopic (exact) mass is 613 g/mol. The first kappa shape index (κ1) is 32.0. The van der Waals surface area contributed by atoms with E-state index in [1.165, 1.54) is 18.1 Å². The Morgan fingerprint density at radius 3 is 2.33 bits per heavy atom. The van der Waals surface area contributed by atoms with E-state index in [2.05, 4.69) is 4.90 Å². The number of benzene rings is 1. The first-order chi connectivity index (χ1) is 20.4. The molecule has 0 radical (unpaired) electrons. The molecule has 1 aliphatic carbocycles. The number of amides is 1. The summed E-state index contributed by atoms with van der Waals surface area (Å²) in [6.07, 6.45) is 0.112. The van der Waals surface area contributed by atoms with Crippen molar-refractivity contribution < 1.29 is 41.7 Å². The number of anilines is 1. The third-order valence-corrected chi connectivity index (χ3v) is 10.2. The second-order valence-electron chi connectivity index (χ2n) is 12.8. The van der Waals surface area contributed by atoms with Gasteiger partial charge in [0.15, 0.2) is 0 Å². The molecule has 3 heterocycles. The zero-order valence-electron chi connectivity index (χ0n) is 25.0. The van der Waals surface area contributed by atoms with Gasteiger partial charge in [-0.15, -0.1) is 0 Å². The van der Waals surface area contributed by atoms with E-state index in [0.717, 1.165) is 37.8 Å². The molecular formula is C31H43F4N3O5. The number of alkyl halides is 4. The number of halogens is 4. The number of ether oxygens (including phenoxy) is 2. The Labute approximate surface area is 250 Å². The van der Waals surface area contributed by atoms with Crippen molar-refractivity contribution in [2.24, 2.45) is 11.8 Å². The van der Waals surface area contributed by atoms with E-state index >= 15 is 4.39 Å². The number of methoxy groups -OCH3 is 2. The Bertz CT molecular complexity index is 1150. The molecule has 240 valence electrons. The van der Waals surface area contributed by atoms with Crippen molar-refractivity contribution in [3.63, 3.8) is 0 Å². The van der Waals surface area contributed by atoms with E-state index in [1.54, 1.807) is 7.11 Å². The average Bonchev–Trinajstić information content (AvgIpc) is 3.61. The number of aliphatic carboxylic acids is 1. The summed E-state index contributed by atoms with van der Waals surface area (Å²) in [7, 11) is 3.25. The Balaban J connectivity index is 1.35. The molecule has 0 spiro atoms. The van der Waals surface area contributed by atoms with Crippen LogP contribution in [0.5, 0.6) is 0 Å². The second kappa shape index (κ2) is 12.9. The minimum Gasteiger partial charge on any atom is -0.481 e. The average molecular weight is 614 g/mol. The van der Waals surface area contributed by atoms with Crippen LogP contribution in [0.2, 0.25) is 0 Å². The highest BCUT2D eigenvalue weighted by Crippen LogP contribution is 2.43. The molecule has 1 aromatic carbocycles. The minimum absolute atomic E-state index is 0.0499. The van der Waals surface area contributed by atoms with Gasteiger partial charge in [0, 0.05) is 83.5 Å². The predicted octanol–water partition coefficient (Wildman–Crippen LogP) is 4.57. The van der Waals surface area contributed by atoms with Crippen LogP contribution in [0.15, 0.2) is 18.2 Å². The van der Waals surface area contributed by atoms with Crippen molar-refractivity contribution in [2.45, 2.75) is 74.9 Å². The van der Waals surface area contributed by atoms with Crippen LogP contribution in [0.3, 0.4) is 0 Å². The van der Waals surface area contributed by atoms with Crippen molar-refractivity contribution >= 4 is 17.6 Å². The Hall–Kier alpha value is -2.44. The molecule has 1 amide bonds. The van der Waals surface area contributed by atoms with Gasteiger partial charge in [-0.3, -0.25) is 14.5 Å². The summed E-state index contributed by atoms with van der Waals surface area (Å²) in [4.78, 5) is 30.7. The van der Waals surface area contributed by atoms with Gasteiger partial charge in [0.05, 0.1) is 24.2 Å². The number of hydrogen-bond donors (Lipinski definition) is 1. The molecule has 1 saturated carbocycles. The molecule has 3 saturated heterocycles. The Morgan fingerprint density at radius 1 is 1.02 bits per heavy atom. The molecule has 0 aromatic heterocycles. The van der Waals surface area contributed by atoms with E-state index < -0.39 is 35.2 Å². The maximum absolute atomic E-state index is 16.3. The van der Waals surface area contributed by atoms with Crippen molar-refractivity contribution in [3.05, 3.63) is 29.3 Å². The van der Waals surface area contributed by atoms with Gasteiger partial charge in [0.2, 0.25) is 5.67 Å². The Morgan fingerprint density at radius 2 is 1.72 bits per heavy atom. The molecule has 1 aromatic rings. The number of rotatable bonds is 8. The zero-order valence-corrected chi connectivity index (χ0v) is 25.0. The lowest BCUT2D eigenvalue weighted by atomic mass is 9.86. The van der Waals surface area contributed by atoms with Crippen LogP contribution in [-0.4, -0.2) is 105 Å². The van der Waals surface area contributed by atoms with Crippen molar-refractivity contribution in [1.82, 2.24) is 9.80 Å². The molecule has 43 heavy (non-hydrogen) atoms. The van der Waals surface area contributed by atoms with Crippen LogP contribution in [0.4, 0.5) is 23.2 Å².